The summed E-state index contributed by atoms with van der Waals surface area (Å²) in [6, 6.07) is 12.9. The Morgan fingerprint density at radius 2 is 1.89 bits per heavy atom. The molecule has 0 aliphatic carbocycles. The van der Waals surface area contributed by atoms with E-state index in [0.717, 1.165) is 11.1 Å². The predicted octanol–water partition coefficient (Wildman–Crippen LogP) is 1.99. The number of hydrogen-bond acceptors (Lipinski definition) is 4. The molecule has 1 aliphatic rings. The van der Waals surface area contributed by atoms with Crippen molar-refractivity contribution in [1.29, 1.82) is 0 Å². The molecule has 8 heteroatoms. The number of carbonyl (C=O) groups excluding carboxylic acids is 1. The van der Waals surface area contributed by atoms with Crippen LogP contribution in [0.15, 0.2) is 48.5 Å². The van der Waals surface area contributed by atoms with E-state index < -0.39 is 16.1 Å². The molecule has 27 heavy (non-hydrogen) atoms. The van der Waals surface area contributed by atoms with Crippen LogP contribution in [-0.4, -0.2) is 40.1 Å². The van der Waals surface area contributed by atoms with Crippen LogP contribution in [0.4, 0.5) is 10.1 Å². The number of ether oxygens (including phenoxy) is 1. The van der Waals surface area contributed by atoms with Gasteiger partial charge in [0.2, 0.25) is 10.0 Å². The molecule has 0 aromatic heterocycles. The van der Waals surface area contributed by atoms with Gasteiger partial charge in [0.25, 0.3) is 5.91 Å². The summed E-state index contributed by atoms with van der Waals surface area (Å²) in [4.78, 5) is 13.5. The van der Waals surface area contributed by atoms with Crippen molar-refractivity contribution in [3.8, 4) is 0 Å². The standard InChI is InChI=1S/C19H21FN2O4S/c1-14-4-2-3-5-15(14)13-27(24,25)21-10-18-11-22(19(23)12-26-18)17-8-6-16(20)7-9-17/h2-9,18,21H,10-13H2,1H3. The molecule has 1 atom stereocenters. The number of nitrogens with zero attached hydrogens (tertiary/aromatic N) is 1. The van der Waals surface area contributed by atoms with Gasteiger partial charge in [-0.25, -0.2) is 17.5 Å². The number of amides is 1. The minimum absolute atomic E-state index is 0.0548. The number of aryl methyl sites for hydroxylation is 1. The Morgan fingerprint density at radius 3 is 2.59 bits per heavy atom. The maximum atomic E-state index is 13.1. The van der Waals surface area contributed by atoms with Crippen molar-refractivity contribution < 1.29 is 22.3 Å². The highest BCUT2D eigenvalue weighted by Crippen LogP contribution is 2.19. The number of morpholine rings is 1. The van der Waals surface area contributed by atoms with E-state index in [1.807, 2.05) is 19.1 Å². The highest BCUT2D eigenvalue weighted by molar-refractivity contribution is 7.88. The van der Waals surface area contributed by atoms with Gasteiger partial charge >= 0.3 is 0 Å². The first-order valence-electron chi connectivity index (χ1n) is 8.53. The summed E-state index contributed by atoms with van der Waals surface area (Å²) in [6.07, 6.45) is -0.487. The fourth-order valence-corrected chi connectivity index (χ4v) is 4.14. The molecule has 1 heterocycles. The summed E-state index contributed by atoms with van der Waals surface area (Å²) < 4.78 is 45.8. The van der Waals surface area contributed by atoms with Crippen molar-refractivity contribution in [2.45, 2.75) is 18.8 Å². The molecule has 1 saturated heterocycles. The highest BCUT2D eigenvalue weighted by atomic mass is 32.2. The van der Waals surface area contributed by atoms with Crippen LogP contribution in [-0.2, 0) is 25.3 Å². The predicted molar refractivity (Wildman–Crippen MR) is 100 cm³/mol. The summed E-state index contributed by atoms with van der Waals surface area (Å²) in [5.41, 5.74) is 2.19. The van der Waals surface area contributed by atoms with Gasteiger partial charge in [-0.1, -0.05) is 24.3 Å². The van der Waals surface area contributed by atoms with E-state index >= 15 is 0 Å². The zero-order valence-corrected chi connectivity index (χ0v) is 15.7. The minimum atomic E-state index is -3.54. The molecular formula is C19H21FN2O4S. The third-order valence-electron chi connectivity index (χ3n) is 4.41. The quantitative estimate of drug-likeness (QED) is 0.816. The second-order valence-electron chi connectivity index (χ2n) is 6.45. The van der Waals surface area contributed by atoms with Gasteiger partial charge in [0.05, 0.1) is 18.4 Å². The average Bonchev–Trinajstić information content (AvgIpc) is 2.64. The van der Waals surface area contributed by atoms with Crippen molar-refractivity contribution >= 4 is 21.6 Å². The van der Waals surface area contributed by atoms with E-state index in [1.165, 1.54) is 29.2 Å². The number of rotatable bonds is 6. The van der Waals surface area contributed by atoms with Crippen molar-refractivity contribution in [3.63, 3.8) is 0 Å². The monoisotopic (exact) mass is 392 g/mol. The summed E-state index contributed by atoms with van der Waals surface area (Å²) >= 11 is 0. The number of nitrogens with one attached hydrogen (secondary N) is 1. The van der Waals surface area contributed by atoms with E-state index in [0.29, 0.717) is 5.69 Å². The molecular weight excluding hydrogens is 371 g/mol. The first-order valence-corrected chi connectivity index (χ1v) is 10.2. The Balaban J connectivity index is 1.61. The molecule has 2 aromatic carbocycles. The topological polar surface area (TPSA) is 75.7 Å². The van der Waals surface area contributed by atoms with E-state index in [1.54, 1.807) is 12.1 Å². The molecule has 1 unspecified atom stereocenters. The second kappa shape index (κ2) is 8.16. The van der Waals surface area contributed by atoms with Gasteiger partial charge < -0.3 is 9.64 Å². The number of benzene rings is 2. The molecule has 144 valence electrons. The third-order valence-corrected chi connectivity index (χ3v) is 5.70. The number of hydrogen-bond donors (Lipinski definition) is 1. The van der Waals surface area contributed by atoms with Gasteiger partial charge in [0, 0.05) is 12.2 Å². The van der Waals surface area contributed by atoms with Gasteiger partial charge in [-0.2, -0.15) is 0 Å². The molecule has 0 bridgehead atoms. The van der Waals surface area contributed by atoms with Gasteiger partial charge in [0.1, 0.15) is 12.4 Å². The lowest BCUT2D eigenvalue weighted by Gasteiger charge is -2.32. The number of carbonyl (C=O) groups is 1. The zero-order valence-electron chi connectivity index (χ0n) is 14.9. The van der Waals surface area contributed by atoms with Crippen LogP contribution in [0.3, 0.4) is 0 Å². The SMILES string of the molecule is Cc1ccccc1CS(=O)(=O)NCC1CN(c2ccc(F)cc2)C(=O)CO1. The first-order chi connectivity index (χ1) is 12.8. The smallest absolute Gasteiger partial charge is 0.253 e. The van der Waals surface area contributed by atoms with E-state index in [4.69, 9.17) is 4.74 Å². The lowest BCUT2D eigenvalue weighted by molar-refractivity contribution is -0.129. The molecule has 1 N–H and O–H groups in total. The third kappa shape index (κ3) is 5.12. The normalized spacial score (nSPS) is 17.9. The summed E-state index contributed by atoms with van der Waals surface area (Å²) in [5.74, 6) is -0.756. The fraction of sp³-hybridized carbons (Fsp3) is 0.316. The van der Waals surface area contributed by atoms with E-state index in [-0.39, 0.29) is 37.2 Å². The van der Waals surface area contributed by atoms with E-state index in [9.17, 15) is 17.6 Å². The Kier molecular flexibility index (Phi) is 5.88. The summed E-state index contributed by atoms with van der Waals surface area (Å²) in [5, 5.41) is 0. The van der Waals surface area contributed by atoms with Crippen LogP contribution in [0.5, 0.6) is 0 Å². The largest absolute Gasteiger partial charge is 0.365 e. The first kappa shape index (κ1) is 19.5. The van der Waals surface area contributed by atoms with Crippen LogP contribution >= 0.6 is 0 Å². The van der Waals surface area contributed by atoms with Gasteiger partial charge in [-0.15, -0.1) is 0 Å². The van der Waals surface area contributed by atoms with Crippen molar-refractivity contribution in [1.82, 2.24) is 4.72 Å². The second-order valence-corrected chi connectivity index (χ2v) is 8.25. The van der Waals surface area contributed by atoms with Crippen molar-refractivity contribution in [3.05, 3.63) is 65.5 Å². The summed E-state index contributed by atoms with van der Waals surface area (Å²) in [6.45, 7) is 1.96. The summed E-state index contributed by atoms with van der Waals surface area (Å²) in [7, 11) is -3.54. The fourth-order valence-electron chi connectivity index (χ4n) is 2.87. The number of anilines is 1. The molecule has 0 saturated carbocycles. The average molecular weight is 392 g/mol. The molecule has 1 aliphatic heterocycles. The van der Waals surface area contributed by atoms with Gasteiger partial charge in [-0.3, -0.25) is 4.79 Å². The molecule has 0 radical (unpaired) electrons. The Morgan fingerprint density at radius 1 is 1.19 bits per heavy atom. The number of halogens is 1. The molecule has 2 aromatic rings. The Hall–Kier alpha value is -2.29. The lowest BCUT2D eigenvalue weighted by atomic mass is 10.1. The van der Waals surface area contributed by atoms with Crippen LogP contribution in [0.1, 0.15) is 11.1 Å². The molecule has 6 nitrogen and oxygen atoms in total. The van der Waals surface area contributed by atoms with Crippen LogP contribution in [0.25, 0.3) is 0 Å². The Labute approximate surface area is 158 Å². The van der Waals surface area contributed by atoms with Gasteiger partial charge in [-0.05, 0) is 42.3 Å². The molecule has 3 rings (SSSR count). The lowest BCUT2D eigenvalue weighted by Crippen LogP contribution is -2.50. The molecule has 1 amide bonds. The van der Waals surface area contributed by atoms with Crippen LogP contribution < -0.4 is 9.62 Å². The van der Waals surface area contributed by atoms with Crippen LogP contribution in [0, 0.1) is 12.7 Å². The number of sulfonamides is 1. The van der Waals surface area contributed by atoms with Crippen LogP contribution in [0.2, 0.25) is 0 Å². The maximum absolute atomic E-state index is 13.1. The van der Waals surface area contributed by atoms with Crippen molar-refractivity contribution in [2.75, 3.05) is 24.6 Å². The molecule has 0 spiro atoms. The van der Waals surface area contributed by atoms with Crippen molar-refractivity contribution in [2.24, 2.45) is 0 Å². The minimum Gasteiger partial charge on any atom is -0.365 e. The zero-order chi connectivity index (χ0) is 19.4. The van der Waals surface area contributed by atoms with Gasteiger partial charge in [0.15, 0.2) is 0 Å². The van der Waals surface area contributed by atoms with E-state index in [2.05, 4.69) is 4.72 Å². The highest BCUT2D eigenvalue weighted by Gasteiger charge is 2.28. The Bertz CT molecular complexity index is 916. The molecule has 1 fully saturated rings. The maximum Gasteiger partial charge on any atom is 0.253 e.